The molecule has 3 rings (SSSR count). The number of ketones is 1. The summed E-state index contributed by atoms with van der Waals surface area (Å²) in [5.74, 6) is 0.746. The van der Waals surface area contributed by atoms with Crippen molar-refractivity contribution in [2.24, 2.45) is 0 Å². The largest absolute Gasteiger partial charge is 0.337 e. The van der Waals surface area contributed by atoms with Crippen molar-refractivity contribution in [1.82, 2.24) is 0 Å². The van der Waals surface area contributed by atoms with Crippen LogP contribution in [0, 0.1) is 0 Å². The third-order valence-electron chi connectivity index (χ3n) is 3.36. The van der Waals surface area contributed by atoms with Gasteiger partial charge in [0.2, 0.25) is 0 Å². The normalized spacial score (nSPS) is 12.9. The van der Waals surface area contributed by atoms with Crippen molar-refractivity contribution < 1.29 is 14.6 Å². The summed E-state index contributed by atoms with van der Waals surface area (Å²) in [7, 11) is 0. The summed E-state index contributed by atoms with van der Waals surface area (Å²) in [6.45, 7) is 0.445. The minimum absolute atomic E-state index is 0.00432. The Morgan fingerprint density at radius 1 is 1.14 bits per heavy atom. The average Bonchev–Trinajstić information content (AvgIpc) is 2.92. The van der Waals surface area contributed by atoms with Gasteiger partial charge in [0, 0.05) is 22.6 Å². The van der Waals surface area contributed by atoms with E-state index >= 15 is 0 Å². The van der Waals surface area contributed by atoms with Crippen molar-refractivity contribution >= 4 is 29.0 Å². The maximum atomic E-state index is 12.2. The first kappa shape index (κ1) is 14.4. The monoisotopic (exact) mass is 322 g/mol. The highest BCUT2D eigenvalue weighted by Crippen LogP contribution is 2.27. The Hall–Kier alpha value is -1.55. The van der Waals surface area contributed by atoms with Crippen LogP contribution in [0.15, 0.2) is 36.4 Å². The first-order valence-corrected chi connectivity index (χ1v) is 7.28. The van der Waals surface area contributed by atoms with E-state index in [1.165, 1.54) is 0 Å². The third kappa shape index (κ3) is 3.21. The molecule has 2 aromatic rings. The van der Waals surface area contributed by atoms with Crippen LogP contribution in [-0.2, 0) is 17.9 Å². The SMILES string of the molecule is O=C(CCc1ccc2c(c1)COO2)c1ccc(Cl)cc1Cl. The van der Waals surface area contributed by atoms with Gasteiger partial charge in [-0.25, -0.2) is 0 Å². The molecule has 0 saturated carbocycles. The Morgan fingerprint density at radius 2 is 2.00 bits per heavy atom. The molecule has 1 aliphatic rings. The number of halogens is 2. The number of fused-ring (bicyclic) bond motifs is 1. The summed E-state index contributed by atoms with van der Waals surface area (Å²) in [5.41, 5.74) is 2.58. The van der Waals surface area contributed by atoms with Crippen LogP contribution < -0.4 is 4.89 Å². The van der Waals surface area contributed by atoms with Crippen LogP contribution in [0.25, 0.3) is 0 Å². The molecule has 0 aromatic heterocycles. The quantitative estimate of drug-likeness (QED) is 0.608. The molecule has 108 valence electrons. The molecule has 0 saturated heterocycles. The Balaban J connectivity index is 1.68. The van der Waals surface area contributed by atoms with Gasteiger partial charge in [-0.1, -0.05) is 29.3 Å². The topological polar surface area (TPSA) is 35.5 Å². The van der Waals surface area contributed by atoms with Gasteiger partial charge in [0.05, 0.1) is 5.02 Å². The van der Waals surface area contributed by atoms with Gasteiger partial charge >= 0.3 is 0 Å². The third-order valence-corrected chi connectivity index (χ3v) is 3.91. The van der Waals surface area contributed by atoms with Gasteiger partial charge in [0.15, 0.2) is 11.5 Å². The number of benzene rings is 2. The second-order valence-corrected chi connectivity index (χ2v) is 5.68. The van der Waals surface area contributed by atoms with Crippen LogP contribution >= 0.6 is 23.2 Å². The average molecular weight is 323 g/mol. The van der Waals surface area contributed by atoms with E-state index in [2.05, 4.69) is 0 Å². The van der Waals surface area contributed by atoms with E-state index in [1.807, 2.05) is 18.2 Å². The van der Waals surface area contributed by atoms with Crippen molar-refractivity contribution in [3.8, 4) is 5.75 Å². The number of hydrogen-bond acceptors (Lipinski definition) is 3. The van der Waals surface area contributed by atoms with Crippen LogP contribution in [0.5, 0.6) is 5.75 Å². The fraction of sp³-hybridized carbons (Fsp3) is 0.188. The molecule has 0 amide bonds. The van der Waals surface area contributed by atoms with Crippen molar-refractivity contribution in [2.75, 3.05) is 0 Å². The molecule has 0 spiro atoms. The fourth-order valence-corrected chi connectivity index (χ4v) is 2.76. The number of hydrogen-bond donors (Lipinski definition) is 0. The number of aryl methyl sites for hydroxylation is 1. The molecular formula is C16H12Cl2O3. The predicted molar refractivity (Wildman–Crippen MR) is 81.0 cm³/mol. The Kier molecular flexibility index (Phi) is 4.15. The summed E-state index contributed by atoms with van der Waals surface area (Å²) in [4.78, 5) is 22.1. The summed E-state index contributed by atoms with van der Waals surface area (Å²) in [6.07, 6.45) is 1.03. The number of carbonyl (C=O) groups excluding carboxylic acids is 1. The molecule has 3 nitrogen and oxygen atoms in total. The first-order valence-electron chi connectivity index (χ1n) is 6.53. The zero-order valence-corrected chi connectivity index (χ0v) is 12.6. The van der Waals surface area contributed by atoms with Gasteiger partial charge in [-0.3, -0.25) is 4.79 Å². The molecular weight excluding hydrogens is 311 g/mol. The smallest absolute Gasteiger partial charge is 0.171 e. The lowest BCUT2D eigenvalue weighted by Gasteiger charge is -2.05. The van der Waals surface area contributed by atoms with E-state index in [0.29, 0.717) is 35.1 Å². The molecule has 21 heavy (non-hydrogen) atoms. The molecule has 1 aliphatic heterocycles. The molecule has 0 unspecified atom stereocenters. The molecule has 5 heteroatoms. The van der Waals surface area contributed by atoms with Crippen molar-refractivity contribution in [1.29, 1.82) is 0 Å². The molecule has 0 atom stereocenters. The Labute approximate surface area is 132 Å². The van der Waals surface area contributed by atoms with Gasteiger partial charge in [-0.15, -0.1) is 0 Å². The summed E-state index contributed by atoms with van der Waals surface area (Å²) in [5, 5.41) is 0.915. The fourth-order valence-electron chi connectivity index (χ4n) is 2.25. The molecule has 2 aromatic carbocycles. The van der Waals surface area contributed by atoms with Gasteiger partial charge in [-0.2, -0.15) is 4.89 Å². The number of rotatable bonds is 4. The molecule has 0 N–H and O–H groups in total. The lowest BCUT2D eigenvalue weighted by molar-refractivity contribution is -0.194. The summed E-state index contributed by atoms with van der Waals surface area (Å²) >= 11 is 11.9. The molecule has 0 fully saturated rings. The van der Waals surface area contributed by atoms with Crippen LogP contribution in [0.2, 0.25) is 10.0 Å². The predicted octanol–water partition coefficient (Wildman–Crippen LogP) is 4.63. The Bertz CT molecular complexity index is 698. The van der Waals surface area contributed by atoms with Gasteiger partial charge in [0.25, 0.3) is 0 Å². The highest BCUT2D eigenvalue weighted by atomic mass is 35.5. The van der Waals surface area contributed by atoms with Crippen LogP contribution in [0.3, 0.4) is 0 Å². The van der Waals surface area contributed by atoms with Crippen molar-refractivity contribution in [3.05, 3.63) is 63.1 Å². The van der Waals surface area contributed by atoms with Gasteiger partial charge < -0.3 is 4.89 Å². The lowest BCUT2D eigenvalue weighted by Crippen LogP contribution is -2.02. The van der Waals surface area contributed by atoms with E-state index in [1.54, 1.807) is 18.2 Å². The second-order valence-electron chi connectivity index (χ2n) is 4.83. The standard InChI is InChI=1S/C16H12Cl2O3/c17-12-3-4-13(14(18)8-12)15(19)5-1-10-2-6-16-11(7-10)9-20-21-16/h2-4,6-8H,1,5,9H2. The lowest BCUT2D eigenvalue weighted by atomic mass is 10.0. The second kappa shape index (κ2) is 6.06. The maximum absolute atomic E-state index is 12.2. The van der Waals surface area contributed by atoms with Crippen LogP contribution in [0.1, 0.15) is 27.9 Å². The zero-order valence-electron chi connectivity index (χ0n) is 11.1. The molecule has 1 heterocycles. The highest BCUT2D eigenvalue weighted by molar-refractivity contribution is 6.36. The van der Waals surface area contributed by atoms with E-state index in [4.69, 9.17) is 33.0 Å². The minimum atomic E-state index is 0.00432. The Morgan fingerprint density at radius 3 is 2.81 bits per heavy atom. The van der Waals surface area contributed by atoms with Gasteiger partial charge in [-0.05, 0) is 42.3 Å². The first-order chi connectivity index (χ1) is 10.1. The van der Waals surface area contributed by atoms with E-state index in [-0.39, 0.29) is 5.78 Å². The van der Waals surface area contributed by atoms with E-state index in [0.717, 1.165) is 16.9 Å². The summed E-state index contributed by atoms with van der Waals surface area (Å²) < 4.78 is 0. The minimum Gasteiger partial charge on any atom is -0.337 e. The molecule has 0 aliphatic carbocycles. The van der Waals surface area contributed by atoms with Crippen molar-refractivity contribution in [3.63, 3.8) is 0 Å². The molecule has 0 radical (unpaired) electrons. The van der Waals surface area contributed by atoms with E-state index in [9.17, 15) is 4.79 Å². The van der Waals surface area contributed by atoms with Crippen molar-refractivity contribution in [2.45, 2.75) is 19.4 Å². The summed E-state index contributed by atoms with van der Waals surface area (Å²) in [6, 6.07) is 10.7. The van der Waals surface area contributed by atoms with Gasteiger partial charge in [0.1, 0.15) is 6.61 Å². The van der Waals surface area contributed by atoms with Crippen LogP contribution in [0.4, 0.5) is 0 Å². The molecule has 0 bridgehead atoms. The maximum Gasteiger partial charge on any atom is 0.171 e. The number of carbonyl (C=O) groups is 1. The zero-order chi connectivity index (χ0) is 14.8. The van der Waals surface area contributed by atoms with Crippen LogP contribution in [-0.4, -0.2) is 5.78 Å². The highest BCUT2D eigenvalue weighted by Gasteiger charge is 2.15. The number of Topliss-reactive ketones (excluding diaryl/α,β-unsaturated/α-hetero) is 1. The van der Waals surface area contributed by atoms with E-state index < -0.39 is 0 Å².